The van der Waals surface area contributed by atoms with Gasteiger partial charge in [-0.3, -0.25) is 4.79 Å². The topological polar surface area (TPSA) is 94.0 Å². The standard InChI is InChI=1S/C15H18N4O2/c1-9-2-4-10(5-3-9)11-6-12(8-13(20)7-11)17-15-14(16)18-21-19-15/h2-5,11-12H,6-8H2,1H3,(H2,16,18)(H,17,19). The molecule has 1 aliphatic carbocycles. The second-order valence-electron chi connectivity index (χ2n) is 5.63. The zero-order chi connectivity index (χ0) is 14.8. The molecule has 2 unspecified atom stereocenters. The molecule has 0 aliphatic heterocycles. The number of aromatic nitrogens is 2. The highest BCUT2D eigenvalue weighted by Gasteiger charge is 2.29. The van der Waals surface area contributed by atoms with Crippen LogP contribution in [-0.2, 0) is 4.79 Å². The van der Waals surface area contributed by atoms with Crippen LogP contribution in [-0.4, -0.2) is 22.1 Å². The van der Waals surface area contributed by atoms with Crippen molar-refractivity contribution in [1.29, 1.82) is 0 Å². The summed E-state index contributed by atoms with van der Waals surface area (Å²) in [5.41, 5.74) is 8.06. The van der Waals surface area contributed by atoms with E-state index in [4.69, 9.17) is 5.73 Å². The fourth-order valence-corrected chi connectivity index (χ4v) is 2.83. The average Bonchev–Trinajstić information content (AvgIpc) is 2.84. The van der Waals surface area contributed by atoms with Crippen LogP contribution in [0.3, 0.4) is 0 Å². The molecule has 21 heavy (non-hydrogen) atoms. The normalized spacial score (nSPS) is 22.2. The van der Waals surface area contributed by atoms with Gasteiger partial charge < -0.3 is 11.1 Å². The maximum Gasteiger partial charge on any atom is 0.215 e. The summed E-state index contributed by atoms with van der Waals surface area (Å²) in [6, 6.07) is 8.36. The van der Waals surface area contributed by atoms with Crippen LogP contribution in [0.25, 0.3) is 0 Å². The Bertz CT molecular complexity index is 635. The van der Waals surface area contributed by atoms with Crippen molar-refractivity contribution in [1.82, 2.24) is 10.3 Å². The molecule has 2 aromatic rings. The lowest BCUT2D eigenvalue weighted by Gasteiger charge is -2.29. The van der Waals surface area contributed by atoms with Crippen LogP contribution in [0.5, 0.6) is 0 Å². The van der Waals surface area contributed by atoms with Gasteiger partial charge in [-0.1, -0.05) is 29.8 Å². The molecule has 0 amide bonds. The fourth-order valence-electron chi connectivity index (χ4n) is 2.83. The Hall–Kier alpha value is -2.37. The quantitative estimate of drug-likeness (QED) is 0.899. The first kappa shape index (κ1) is 13.6. The van der Waals surface area contributed by atoms with Gasteiger partial charge in [0.25, 0.3) is 0 Å². The summed E-state index contributed by atoms with van der Waals surface area (Å²) in [6.07, 6.45) is 1.93. The lowest BCUT2D eigenvalue weighted by atomic mass is 9.80. The van der Waals surface area contributed by atoms with E-state index in [-0.39, 0.29) is 23.6 Å². The lowest BCUT2D eigenvalue weighted by molar-refractivity contribution is -0.120. The molecule has 1 saturated carbocycles. The molecule has 6 nitrogen and oxygen atoms in total. The van der Waals surface area contributed by atoms with E-state index in [2.05, 4.69) is 51.4 Å². The van der Waals surface area contributed by atoms with E-state index >= 15 is 0 Å². The largest absolute Gasteiger partial charge is 0.378 e. The highest BCUT2D eigenvalue weighted by atomic mass is 16.6. The average molecular weight is 286 g/mol. The molecule has 1 aliphatic rings. The smallest absolute Gasteiger partial charge is 0.215 e. The molecule has 110 valence electrons. The van der Waals surface area contributed by atoms with Crippen molar-refractivity contribution in [3.8, 4) is 0 Å². The number of Topliss-reactive ketones (excluding diaryl/α,β-unsaturated/α-hetero) is 1. The molecule has 0 bridgehead atoms. The van der Waals surface area contributed by atoms with Crippen LogP contribution in [0.15, 0.2) is 28.9 Å². The van der Waals surface area contributed by atoms with Crippen molar-refractivity contribution in [2.24, 2.45) is 0 Å². The molecule has 0 spiro atoms. The van der Waals surface area contributed by atoms with E-state index in [0.29, 0.717) is 18.7 Å². The van der Waals surface area contributed by atoms with Crippen LogP contribution >= 0.6 is 0 Å². The Kier molecular flexibility index (Phi) is 3.60. The van der Waals surface area contributed by atoms with Crippen LogP contribution in [0, 0.1) is 6.92 Å². The third kappa shape index (κ3) is 3.04. The number of ketones is 1. The summed E-state index contributed by atoms with van der Waals surface area (Å²) in [7, 11) is 0. The number of benzene rings is 1. The van der Waals surface area contributed by atoms with Gasteiger partial charge in [-0.15, -0.1) is 0 Å². The molecule has 6 heteroatoms. The number of nitrogen functional groups attached to an aromatic ring is 1. The van der Waals surface area contributed by atoms with Gasteiger partial charge in [0.05, 0.1) is 0 Å². The van der Waals surface area contributed by atoms with Gasteiger partial charge in [-0.2, -0.15) is 0 Å². The van der Waals surface area contributed by atoms with E-state index in [1.54, 1.807) is 0 Å². The van der Waals surface area contributed by atoms with Crippen molar-refractivity contribution in [2.45, 2.75) is 38.1 Å². The van der Waals surface area contributed by atoms with Crippen molar-refractivity contribution >= 4 is 17.4 Å². The Morgan fingerprint density at radius 1 is 1.24 bits per heavy atom. The van der Waals surface area contributed by atoms with Gasteiger partial charge in [-0.25, -0.2) is 4.63 Å². The highest BCUT2D eigenvalue weighted by molar-refractivity contribution is 5.81. The number of hydrogen-bond donors (Lipinski definition) is 2. The summed E-state index contributed by atoms with van der Waals surface area (Å²) in [4.78, 5) is 12.0. The first-order valence-corrected chi connectivity index (χ1v) is 7.04. The number of carbonyl (C=O) groups excluding carboxylic acids is 1. The number of nitrogens with two attached hydrogens (primary N) is 1. The van der Waals surface area contributed by atoms with Crippen molar-refractivity contribution in [3.63, 3.8) is 0 Å². The molecule has 3 rings (SSSR count). The minimum atomic E-state index is 0.00625. The molecule has 1 fully saturated rings. The van der Waals surface area contributed by atoms with E-state index in [1.165, 1.54) is 11.1 Å². The third-order valence-corrected chi connectivity index (χ3v) is 3.92. The molecule has 2 atom stereocenters. The van der Waals surface area contributed by atoms with Gasteiger partial charge in [0.2, 0.25) is 11.6 Å². The van der Waals surface area contributed by atoms with Gasteiger partial charge in [0, 0.05) is 18.9 Å². The van der Waals surface area contributed by atoms with Gasteiger partial charge in [0.1, 0.15) is 5.78 Å². The van der Waals surface area contributed by atoms with Crippen LogP contribution in [0.4, 0.5) is 11.6 Å². The predicted molar refractivity (Wildman–Crippen MR) is 78.9 cm³/mol. The third-order valence-electron chi connectivity index (χ3n) is 3.92. The predicted octanol–water partition coefficient (Wildman–Crippen LogP) is 2.28. The van der Waals surface area contributed by atoms with Crippen LogP contribution < -0.4 is 11.1 Å². The van der Waals surface area contributed by atoms with Crippen molar-refractivity contribution < 1.29 is 9.42 Å². The van der Waals surface area contributed by atoms with E-state index in [0.717, 1.165) is 6.42 Å². The monoisotopic (exact) mass is 286 g/mol. The maximum atomic E-state index is 12.0. The summed E-state index contributed by atoms with van der Waals surface area (Å²) in [6.45, 7) is 2.06. The fraction of sp³-hybridized carbons (Fsp3) is 0.400. The molecular formula is C15H18N4O2. The molecule has 1 aromatic heterocycles. The number of nitrogens with one attached hydrogen (secondary N) is 1. The highest BCUT2D eigenvalue weighted by Crippen LogP contribution is 2.33. The first-order valence-electron chi connectivity index (χ1n) is 7.04. The minimum Gasteiger partial charge on any atom is -0.378 e. The van der Waals surface area contributed by atoms with E-state index < -0.39 is 0 Å². The Morgan fingerprint density at radius 3 is 2.67 bits per heavy atom. The molecule has 0 saturated heterocycles. The second kappa shape index (κ2) is 5.55. The molecule has 1 heterocycles. The van der Waals surface area contributed by atoms with Crippen LogP contribution in [0.2, 0.25) is 0 Å². The molecule has 3 N–H and O–H groups in total. The Morgan fingerprint density at radius 2 is 2.00 bits per heavy atom. The molecule has 0 radical (unpaired) electrons. The second-order valence-corrected chi connectivity index (χ2v) is 5.63. The van der Waals surface area contributed by atoms with E-state index in [1.807, 2.05) is 0 Å². The van der Waals surface area contributed by atoms with Gasteiger partial charge in [-0.05, 0) is 35.1 Å². The SMILES string of the molecule is Cc1ccc(C2CC(=O)CC(Nc3nonc3N)C2)cc1. The van der Waals surface area contributed by atoms with E-state index in [9.17, 15) is 4.79 Å². The number of anilines is 2. The Balaban J connectivity index is 1.74. The van der Waals surface area contributed by atoms with Crippen LogP contribution in [0.1, 0.15) is 36.3 Å². The Labute approximate surface area is 122 Å². The maximum absolute atomic E-state index is 12.0. The zero-order valence-corrected chi connectivity index (χ0v) is 11.9. The number of rotatable bonds is 3. The summed E-state index contributed by atoms with van der Waals surface area (Å²) >= 11 is 0. The number of carbonyl (C=O) groups is 1. The van der Waals surface area contributed by atoms with Crippen molar-refractivity contribution in [3.05, 3.63) is 35.4 Å². The summed E-state index contributed by atoms with van der Waals surface area (Å²) in [5.74, 6) is 1.11. The number of nitrogens with zero attached hydrogens (tertiary/aromatic N) is 2. The van der Waals surface area contributed by atoms with Crippen molar-refractivity contribution in [2.75, 3.05) is 11.1 Å². The van der Waals surface area contributed by atoms with Gasteiger partial charge in [0.15, 0.2) is 0 Å². The number of hydrogen-bond acceptors (Lipinski definition) is 6. The molecule has 1 aromatic carbocycles. The molecular weight excluding hydrogens is 268 g/mol. The minimum absolute atomic E-state index is 0.00625. The first-order chi connectivity index (χ1) is 10.1. The lowest BCUT2D eigenvalue weighted by Crippen LogP contribution is -2.31. The zero-order valence-electron chi connectivity index (χ0n) is 11.9. The number of aryl methyl sites for hydroxylation is 1. The summed E-state index contributed by atoms with van der Waals surface area (Å²) in [5, 5.41) is 10.4. The summed E-state index contributed by atoms with van der Waals surface area (Å²) < 4.78 is 4.57. The van der Waals surface area contributed by atoms with Gasteiger partial charge >= 0.3 is 0 Å².